The zero-order valence-corrected chi connectivity index (χ0v) is 19.5. The number of carbonyl (C=O) groups is 3. The van der Waals surface area contributed by atoms with E-state index in [9.17, 15) is 14.4 Å². The van der Waals surface area contributed by atoms with Gasteiger partial charge in [-0.25, -0.2) is 14.5 Å². The maximum Gasteiger partial charge on any atom is 0.335 e. The van der Waals surface area contributed by atoms with Gasteiger partial charge in [-0.15, -0.1) is 0 Å². The Hall–Kier alpha value is -4.27. The largest absolute Gasteiger partial charge is 0.478 e. The van der Waals surface area contributed by atoms with Crippen LogP contribution >= 0.6 is 0 Å². The van der Waals surface area contributed by atoms with E-state index in [-0.39, 0.29) is 17.5 Å². The molecule has 3 atom stereocenters. The number of carboxylic acids is 1. The van der Waals surface area contributed by atoms with Crippen LogP contribution in [0.1, 0.15) is 35.3 Å². The fraction of sp³-hybridized carbons (Fsp3) is 0.269. The lowest BCUT2D eigenvalue weighted by molar-refractivity contribution is -0.166. The van der Waals surface area contributed by atoms with E-state index in [2.05, 4.69) is 5.32 Å². The minimum atomic E-state index is -1.05. The number of likely N-dealkylation sites (tertiary alicyclic amines) is 1. The summed E-state index contributed by atoms with van der Waals surface area (Å²) in [5.41, 5.74) is 7.94. The number of hydrogen-bond acceptors (Lipinski definition) is 6. The van der Waals surface area contributed by atoms with Crippen molar-refractivity contribution in [1.82, 2.24) is 15.1 Å². The zero-order valence-electron chi connectivity index (χ0n) is 19.5. The summed E-state index contributed by atoms with van der Waals surface area (Å²) in [7, 11) is 1.88. The van der Waals surface area contributed by atoms with Crippen LogP contribution in [0.5, 0.6) is 5.75 Å². The first-order valence-corrected chi connectivity index (χ1v) is 11.3. The number of allylic oxidation sites excluding steroid dienone is 2. The third kappa shape index (κ3) is 5.13. The van der Waals surface area contributed by atoms with Gasteiger partial charge in [-0.2, -0.15) is 0 Å². The Morgan fingerprint density at radius 3 is 2.49 bits per heavy atom. The molecule has 1 fully saturated rings. The molecular formula is C26H28N4O5. The summed E-state index contributed by atoms with van der Waals surface area (Å²) in [6, 6.07) is 14.4. The fourth-order valence-corrected chi connectivity index (χ4v) is 4.07. The second-order valence-electron chi connectivity index (χ2n) is 8.67. The van der Waals surface area contributed by atoms with Crippen molar-refractivity contribution in [3.05, 3.63) is 89.3 Å². The third-order valence-electron chi connectivity index (χ3n) is 6.23. The molecule has 0 saturated carbocycles. The van der Waals surface area contributed by atoms with E-state index in [1.54, 1.807) is 0 Å². The summed E-state index contributed by atoms with van der Waals surface area (Å²) in [4.78, 5) is 40.3. The number of nitrogens with two attached hydrogens (primary N) is 1. The molecule has 2 aromatic carbocycles. The number of nitrogens with zero attached hydrogens (tertiary/aromatic N) is 2. The van der Waals surface area contributed by atoms with Crippen molar-refractivity contribution in [3.63, 3.8) is 0 Å². The number of β-lactam (4-membered cyclic amide) rings is 1. The molecule has 3 amide bonds. The molecule has 2 unspecified atom stereocenters. The van der Waals surface area contributed by atoms with Crippen LogP contribution in [0.3, 0.4) is 0 Å². The number of rotatable bonds is 7. The Morgan fingerprint density at radius 1 is 1.17 bits per heavy atom. The molecule has 0 spiro atoms. The van der Waals surface area contributed by atoms with Gasteiger partial charge >= 0.3 is 12.0 Å². The lowest BCUT2D eigenvalue weighted by Crippen LogP contribution is -2.67. The highest BCUT2D eigenvalue weighted by molar-refractivity contribution is 6.01. The van der Waals surface area contributed by atoms with Crippen LogP contribution in [0.2, 0.25) is 0 Å². The maximum absolute atomic E-state index is 13.1. The fourth-order valence-electron chi connectivity index (χ4n) is 4.07. The van der Waals surface area contributed by atoms with Crippen molar-refractivity contribution < 1.29 is 24.2 Å². The second-order valence-corrected chi connectivity index (χ2v) is 8.67. The van der Waals surface area contributed by atoms with Gasteiger partial charge in [-0.1, -0.05) is 36.4 Å². The monoisotopic (exact) mass is 476 g/mol. The average molecular weight is 477 g/mol. The number of carboxylic acid groups (broad SMARTS) is 1. The Kier molecular flexibility index (Phi) is 6.77. The highest BCUT2D eigenvalue weighted by Gasteiger charge is 2.53. The van der Waals surface area contributed by atoms with Crippen LogP contribution in [0, 0.1) is 5.92 Å². The zero-order chi connectivity index (χ0) is 25.1. The van der Waals surface area contributed by atoms with Gasteiger partial charge in [0.25, 0.3) is 0 Å². The number of ether oxygens (including phenoxy) is 1. The van der Waals surface area contributed by atoms with Crippen molar-refractivity contribution in [3.8, 4) is 5.75 Å². The molecule has 0 aliphatic carbocycles. The first kappa shape index (κ1) is 23.9. The van der Waals surface area contributed by atoms with Gasteiger partial charge in [0, 0.05) is 13.6 Å². The summed E-state index contributed by atoms with van der Waals surface area (Å²) < 4.78 is 6.04. The van der Waals surface area contributed by atoms with E-state index in [1.165, 1.54) is 24.3 Å². The molecule has 1 saturated heterocycles. The van der Waals surface area contributed by atoms with Crippen LogP contribution in [-0.4, -0.2) is 52.6 Å². The van der Waals surface area contributed by atoms with Crippen molar-refractivity contribution in [2.45, 2.75) is 25.6 Å². The lowest BCUT2D eigenvalue weighted by atomic mass is 9.87. The van der Waals surface area contributed by atoms with E-state index in [0.717, 1.165) is 16.0 Å². The van der Waals surface area contributed by atoms with Gasteiger partial charge in [0.05, 0.1) is 23.3 Å². The Labute approximate surface area is 203 Å². The van der Waals surface area contributed by atoms with Crippen LogP contribution < -0.4 is 15.8 Å². The maximum atomic E-state index is 13.1. The molecule has 2 aliphatic heterocycles. The molecule has 2 aliphatic rings. The number of likely N-dealkylation sites (N-methyl/N-ethyl adjacent to an activating group) is 1. The predicted octanol–water partition coefficient (Wildman–Crippen LogP) is 3.08. The van der Waals surface area contributed by atoms with E-state index < -0.39 is 24.1 Å². The summed E-state index contributed by atoms with van der Waals surface area (Å²) >= 11 is 0. The van der Waals surface area contributed by atoms with Crippen LogP contribution in [0.4, 0.5) is 4.79 Å². The van der Waals surface area contributed by atoms with Gasteiger partial charge in [0.1, 0.15) is 5.75 Å². The number of imide groups is 1. The van der Waals surface area contributed by atoms with Crippen molar-refractivity contribution in [1.29, 1.82) is 0 Å². The third-order valence-corrected chi connectivity index (χ3v) is 6.23. The number of benzene rings is 2. The smallest absolute Gasteiger partial charge is 0.335 e. The molecule has 4 rings (SSSR count). The van der Waals surface area contributed by atoms with E-state index in [1.807, 2.05) is 61.4 Å². The van der Waals surface area contributed by atoms with E-state index >= 15 is 0 Å². The summed E-state index contributed by atoms with van der Waals surface area (Å²) in [5, 5.41) is 12.0. The Bertz CT molecular complexity index is 1180. The highest BCUT2D eigenvalue weighted by Crippen LogP contribution is 2.35. The standard InChI is InChI=1S/C26H28N4O5/c1-16(18-6-4-3-5-7-18)28-26(34)30-23(31)21(14-17-12-13-29(2)22(27)15-17)24(30)35-20-10-8-19(9-11-20)25(32)33/h3-12,15-16,21,24H,13-14,27H2,1-2H3,(H,28,34)(H,32,33)/t16?,21-,24?/m0/s1. The minimum Gasteiger partial charge on any atom is -0.478 e. The summed E-state index contributed by atoms with van der Waals surface area (Å²) in [5.74, 6) is -1.03. The Morgan fingerprint density at radius 2 is 1.86 bits per heavy atom. The molecule has 9 nitrogen and oxygen atoms in total. The van der Waals surface area contributed by atoms with Gasteiger partial charge < -0.3 is 25.8 Å². The molecular weight excluding hydrogens is 448 g/mol. The van der Waals surface area contributed by atoms with Crippen LogP contribution in [0.25, 0.3) is 0 Å². The number of urea groups is 1. The molecule has 0 aromatic heterocycles. The first-order valence-electron chi connectivity index (χ1n) is 11.3. The predicted molar refractivity (Wildman–Crippen MR) is 129 cm³/mol. The molecule has 4 N–H and O–H groups in total. The number of nitrogens with one attached hydrogen (secondary N) is 1. The summed E-state index contributed by atoms with van der Waals surface area (Å²) in [6.07, 6.45) is 3.32. The van der Waals surface area contributed by atoms with E-state index in [0.29, 0.717) is 24.5 Å². The number of hydrogen-bond donors (Lipinski definition) is 3. The molecule has 35 heavy (non-hydrogen) atoms. The van der Waals surface area contributed by atoms with Crippen molar-refractivity contribution in [2.24, 2.45) is 11.7 Å². The molecule has 9 heteroatoms. The lowest BCUT2D eigenvalue weighted by Gasteiger charge is -2.45. The second kappa shape index (κ2) is 9.92. The highest BCUT2D eigenvalue weighted by atomic mass is 16.5. The number of amides is 3. The number of aromatic carboxylic acids is 1. The van der Waals surface area contributed by atoms with Crippen LogP contribution in [0.15, 0.2) is 78.1 Å². The molecule has 0 radical (unpaired) electrons. The SMILES string of the molecule is CC(NC(=O)N1C(=O)[C@H](CC2=CCN(C)C(N)=C2)C1Oc1ccc(C(=O)O)cc1)c1ccccc1. The normalized spacial score (nSPS) is 20.3. The van der Waals surface area contributed by atoms with Gasteiger partial charge in [-0.05, 0) is 54.8 Å². The van der Waals surface area contributed by atoms with E-state index in [4.69, 9.17) is 15.6 Å². The van der Waals surface area contributed by atoms with Gasteiger partial charge in [-0.3, -0.25) is 4.79 Å². The minimum absolute atomic E-state index is 0.113. The average Bonchev–Trinajstić information content (AvgIpc) is 2.85. The summed E-state index contributed by atoms with van der Waals surface area (Å²) in [6.45, 7) is 2.46. The number of carbonyl (C=O) groups excluding carboxylic acids is 2. The van der Waals surface area contributed by atoms with Crippen molar-refractivity contribution >= 4 is 17.9 Å². The first-order chi connectivity index (χ1) is 16.7. The molecule has 2 heterocycles. The molecule has 182 valence electrons. The van der Waals surface area contributed by atoms with Gasteiger partial charge in [0.2, 0.25) is 5.91 Å². The Balaban J connectivity index is 1.53. The topological polar surface area (TPSA) is 125 Å². The van der Waals surface area contributed by atoms with Crippen LogP contribution in [-0.2, 0) is 4.79 Å². The van der Waals surface area contributed by atoms with Gasteiger partial charge in [0.15, 0.2) is 6.23 Å². The molecule has 0 bridgehead atoms. The van der Waals surface area contributed by atoms with Crippen molar-refractivity contribution in [2.75, 3.05) is 13.6 Å². The quantitative estimate of drug-likeness (QED) is 0.525. The molecule has 2 aromatic rings.